The van der Waals surface area contributed by atoms with Gasteiger partial charge in [-0.2, -0.15) is 0 Å². The summed E-state index contributed by atoms with van der Waals surface area (Å²) in [6.45, 7) is 4.53. The third-order valence-corrected chi connectivity index (χ3v) is 2.05. The lowest BCUT2D eigenvalue weighted by Crippen LogP contribution is -2.36. The summed E-state index contributed by atoms with van der Waals surface area (Å²) in [4.78, 5) is 23.2. The van der Waals surface area contributed by atoms with Crippen molar-refractivity contribution >= 4 is 17.8 Å². The number of nitrogens with zero attached hydrogens (tertiary/aromatic N) is 1. The second-order valence-electron chi connectivity index (χ2n) is 4.18. The van der Waals surface area contributed by atoms with Crippen LogP contribution in [0.3, 0.4) is 0 Å². The minimum atomic E-state index is -1.14. The highest BCUT2D eigenvalue weighted by molar-refractivity contribution is 5.85. The van der Waals surface area contributed by atoms with Gasteiger partial charge in [0.2, 0.25) is 11.7 Å². The number of amides is 1. The molecule has 94 valence electrons. The van der Waals surface area contributed by atoms with E-state index >= 15 is 0 Å². The summed E-state index contributed by atoms with van der Waals surface area (Å²) in [6.07, 6.45) is 0. The van der Waals surface area contributed by atoms with E-state index in [1.54, 1.807) is 4.90 Å². The van der Waals surface area contributed by atoms with Crippen molar-refractivity contribution in [2.75, 3.05) is 18.0 Å². The van der Waals surface area contributed by atoms with Gasteiger partial charge in [0, 0.05) is 12.6 Å². The topological polar surface area (TPSA) is 96.8 Å². The molecular formula is C11H16N2O4. The molecule has 0 unspecified atom stereocenters. The van der Waals surface area contributed by atoms with Gasteiger partial charge in [-0.1, -0.05) is 13.8 Å². The van der Waals surface area contributed by atoms with Crippen LogP contribution in [0.25, 0.3) is 0 Å². The van der Waals surface area contributed by atoms with Crippen LogP contribution in [0.2, 0.25) is 0 Å². The van der Waals surface area contributed by atoms with Gasteiger partial charge in [0.1, 0.15) is 0 Å². The van der Waals surface area contributed by atoms with Crippen LogP contribution >= 0.6 is 0 Å². The number of furan rings is 1. The Balaban J connectivity index is 2.87. The highest BCUT2D eigenvalue weighted by Gasteiger charge is 2.17. The van der Waals surface area contributed by atoms with Crippen LogP contribution in [-0.2, 0) is 4.79 Å². The first-order chi connectivity index (χ1) is 7.90. The van der Waals surface area contributed by atoms with Crippen molar-refractivity contribution in [3.63, 3.8) is 0 Å². The van der Waals surface area contributed by atoms with E-state index in [0.29, 0.717) is 18.3 Å². The number of aromatic carboxylic acids is 1. The summed E-state index contributed by atoms with van der Waals surface area (Å²) in [6, 6.07) is 2.88. The number of hydrogen-bond donors (Lipinski definition) is 2. The van der Waals surface area contributed by atoms with Crippen molar-refractivity contribution in [3.05, 3.63) is 17.9 Å². The molecule has 0 aliphatic carbocycles. The molecule has 17 heavy (non-hydrogen) atoms. The Kier molecular flexibility index (Phi) is 4.14. The maximum Gasteiger partial charge on any atom is 0.371 e. The van der Waals surface area contributed by atoms with E-state index in [4.69, 9.17) is 15.3 Å². The molecule has 6 heteroatoms. The third-order valence-electron chi connectivity index (χ3n) is 2.05. The van der Waals surface area contributed by atoms with Crippen LogP contribution in [0.1, 0.15) is 24.4 Å². The molecule has 1 aromatic rings. The molecule has 0 aliphatic rings. The number of carbonyl (C=O) groups is 2. The molecule has 1 aromatic heterocycles. The predicted octanol–water partition coefficient (Wildman–Crippen LogP) is 0.925. The van der Waals surface area contributed by atoms with Gasteiger partial charge in [-0.25, -0.2) is 4.79 Å². The number of nitrogens with two attached hydrogens (primary N) is 1. The maximum absolute atomic E-state index is 10.9. The van der Waals surface area contributed by atoms with E-state index in [9.17, 15) is 9.59 Å². The smallest absolute Gasteiger partial charge is 0.371 e. The summed E-state index contributed by atoms with van der Waals surface area (Å²) < 4.78 is 5.13. The molecule has 0 aliphatic heterocycles. The van der Waals surface area contributed by atoms with Crippen LogP contribution in [0.4, 0.5) is 5.88 Å². The number of carboxylic acid groups (broad SMARTS) is 1. The molecule has 1 rings (SSSR count). The highest BCUT2D eigenvalue weighted by atomic mass is 16.4. The molecule has 3 N–H and O–H groups in total. The molecule has 0 atom stereocenters. The molecule has 0 spiro atoms. The van der Waals surface area contributed by atoms with Gasteiger partial charge in [-0.15, -0.1) is 0 Å². The Labute approximate surface area is 99.0 Å². The van der Waals surface area contributed by atoms with Gasteiger partial charge in [-0.3, -0.25) is 4.79 Å². The molecular weight excluding hydrogens is 224 g/mol. The lowest BCUT2D eigenvalue weighted by molar-refractivity contribution is -0.116. The molecule has 1 heterocycles. The number of hydrogen-bond acceptors (Lipinski definition) is 4. The quantitative estimate of drug-likeness (QED) is 0.770. The third kappa shape index (κ3) is 3.82. The van der Waals surface area contributed by atoms with E-state index in [-0.39, 0.29) is 12.3 Å². The van der Waals surface area contributed by atoms with Crippen molar-refractivity contribution < 1.29 is 19.1 Å². The van der Waals surface area contributed by atoms with Crippen molar-refractivity contribution in [2.24, 2.45) is 11.7 Å². The summed E-state index contributed by atoms with van der Waals surface area (Å²) in [5.74, 6) is -1.14. The lowest BCUT2D eigenvalue weighted by Gasteiger charge is -2.22. The Hall–Kier alpha value is -1.98. The van der Waals surface area contributed by atoms with Crippen LogP contribution in [0.5, 0.6) is 0 Å². The summed E-state index contributed by atoms with van der Waals surface area (Å²) in [5.41, 5.74) is 5.13. The zero-order chi connectivity index (χ0) is 13.0. The number of rotatable bonds is 6. The van der Waals surface area contributed by atoms with Crippen molar-refractivity contribution in [1.82, 2.24) is 0 Å². The van der Waals surface area contributed by atoms with Crippen LogP contribution in [-0.4, -0.2) is 30.1 Å². The summed E-state index contributed by atoms with van der Waals surface area (Å²) in [5, 5.41) is 8.74. The van der Waals surface area contributed by atoms with E-state index in [2.05, 4.69) is 0 Å². The second kappa shape index (κ2) is 5.38. The van der Waals surface area contributed by atoms with Crippen molar-refractivity contribution in [1.29, 1.82) is 0 Å². The number of carboxylic acids is 1. The van der Waals surface area contributed by atoms with Gasteiger partial charge in [0.05, 0.1) is 6.54 Å². The molecule has 0 saturated heterocycles. The predicted molar refractivity (Wildman–Crippen MR) is 61.9 cm³/mol. The standard InChI is InChI=1S/C11H16N2O4/c1-7(2)5-13(6-9(12)14)10-4-3-8(17-10)11(15)16/h3-4,7H,5-6H2,1-2H3,(H2,12,14)(H,15,16). The molecule has 0 fully saturated rings. The Morgan fingerprint density at radius 1 is 1.47 bits per heavy atom. The van der Waals surface area contributed by atoms with Crippen LogP contribution in [0.15, 0.2) is 16.5 Å². The van der Waals surface area contributed by atoms with Gasteiger partial charge in [-0.05, 0) is 12.0 Å². The van der Waals surface area contributed by atoms with Crippen LogP contribution in [0, 0.1) is 5.92 Å². The minimum absolute atomic E-state index is 0.00471. The molecule has 0 bridgehead atoms. The molecule has 1 amide bonds. The SMILES string of the molecule is CC(C)CN(CC(N)=O)c1ccc(C(=O)O)o1. The first-order valence-electron chi connectivity index (χ1n) is 5.26. The molecule has 6 nitrogen and oxygen atoms in total. The van der Waals surface area contributed by atoms with E-state index in [1.807, 2.05) is 13.8 Å². The van der Waals surface area contributed by atoms with E-state index in [1.165, 1.54) is 12.1 Å². The maximum atomic E-state index is 10.9. The highest BCUT2D eigenvalue weighted by Crippen LogP contribution is 2.19. The minimum Gasteiger partial charge on any atom is -0.475 e. The Bertz CT molecular complexity index is 411. The molecule has 0 saturated carbocycles. The fraction of sp³-hybridized carbons (Fsp3) is 0.455. The summed E-state index contributed by atoms with van der Waals surface area (Å²) in [7, 11) is 0. The molecule has 0 radical (unpaired) electrons. The lowest BCUT2D eigenvalue weighted by atomic mass is 10.2. The number of anilines is 1. The fourth-order valence-corrected chi connectivity index (χ4v) is 1.47. The average Bonchev–Trinajstić information content (AvgIpc) is 2.63. The largest absolute Gasteiger partial charge is 0.475 e. The summed E-state index contributed by atoms with van der Waals surface area (Å²) >= 11 is 0. The molecule has 0 aromatic carbocycles. The van der Waals surface area contributed by atoms with Gasteiger partial charge in [0.25, 0.3) is 0 Å². The first kappa shape index (κ1) is 13.1. The Morgan fingerprint density at radius 3 is 2.53 bits per heavy atom. The van der Waals surface area contributed by atoms with Gasteiger partial charge >= 0.3 is 5.97 Å². The normalized spacial score (nSPS) is 10.5. The number of primary amides is 1. The average molecular weight is 240 g/mol. The zero-order valence-corrected chi connectivity index (χ0v) is 9.84. The van der Waals surface area contributed by atoms with Crippen LogP contribution < -0.4 is 10.6 Å². The first-order valence-corrected chi connectivity index (χ1v) is 5.26. The number of carbonyl (C=O) groups excluding carboxylic acids is 1. The van der Waals surface area contributed by atoms with Crippen molar-refractivity contribution in [2.45, 2.75) is 13.8 Å². The fourth-order valence-electron chi connectivity index (χ4n) is 1.47. The van der Waals surface area contributed by atoms with Gasteiger partial charge in [0.15, 0.2) is 5.88 Å². The second-order valence-corrected chi connectivity index (χ2v) is 4.18. The Morgan fingerprint density at radius 2 is 2.12 bits per heavy atom. The zero-order valence-electron chi connectivity index (χ0n) is 9.84. The monoisotopic (exact) mass is 240 g/mol. The van der Waals surface area contributed by atoms with E-state index < -0.39 is 11.9 Å². The van der Waals surface area contributed by atoms with E-state index in [0.717, 1.165) is 0 Å². The van der Waals surface area contributed by atoms with Gasteiger partial charge < -0.3 is 20.2 Å². The van der Waals surface area contributed by atoms with Crippen molar-refractivity contribution in [3.8, 4) is 0 Å².